The van der Waals surface area contributed by atoms with E-state index in [0.29, 0.717) is 30.0 Å². The summed E-state index contributed by atoms with van der Waals surface area (Å²) < 4.78 is 33.9. The number of sulfonamides is 1. The van der Waals surface area contributed by atoms with Gasteiger partial charge in [-0.25, -0.2) is 8.42 Å². The van der Waals surface area contributed by atoms with Crippen LogP contribution in [0.15, 0.2) is 43.6 Å². The Bertz CT molecular complexity index is 1590. The number of carboxylic acid groups (broad SMARTS) is 1. The number of aliphatic imine (C=N–C) groups is 1. The molecule has 3 heterocycles. The first kappa shape index (κ1) is 26.8. The van der Waals surface area contributed by atoms with Gasteiger partial charge in [0.15, 0.2) is 11.7 Å². The van der Waals surface area contributed by atoms with Crippen LogP contribution in [0.2, 0.25) is 0 Å². The minimum Gasteiger partial charge on any atom is -0.480 e. The highest BCUT2D eigenvalue weighted by Crippen LogP contribution is 2.19. The van der Waals surface area contributed by atoms with E-state index in [2.05, 4.69) is 26.1 Å². The molecule has 2 aromatic heterocycles. The number of carbonyl (C=O) groups excluding carboxylic acids is 1. The molecule has 1 unspecified atom stereocenters. The zero-order valence-corrected chi connectivity index (χ0v) is 21.7. The fourth-order valence-corrected chi connectivity index (χ4v) is 5.59. The monoisotopic (exact) mass is 545 g/mol. The van der Waals surface area contributed by atoms with Crippen LogP contribution in [0.4, 0.5) is 0 Å². The first-order valence-electron chi connectivity index (χ1n) is 11.6. The summed E-state index contributed by atoms with van der Waals surface area (Å²) in [6, 6.07) is 3.49. The van der Waals surface area contributed by atoms with Crippen molar-refractivity contribution < 1.29 is 27.6 Å². The molecule has 15 heteroatoms. The van der Waals surface area contributed by atoms with Gasteiger partial charge < -0.3 is 30.1 Å². The molecule has 0 spiro atoms. The number of carbonyl (C=O) groups is 2. The summed E-state index contributed by atoms with van der Waals surface area (Å²) in [5.74, 6) is -1.66. The lowest BCUT2D eigenvalue weighted by molar-refractivity contribution is -0.138. The lowest BCUT2D eigenvalue weighted by atomic mass is 10.1. The molecule has 1 aliphatic rings. The maximum absolute atomic E-state index is 13.1. The molecule has 3 aromatic rings. The third-order valence-corrected chi connectivity index (χ3v) is 7.65. The molecule has 14 nitrogen and oxygen atoms in total. The number of benzene rings is 1. The average Bonchev–Trinajstić information content (AvgIpc) is 3.51. The van der Waals surface area contributed by atoms with E-state index < -0.39 is 39.9 Å². The number of hydrogen-bond acceptors (Lipinski definition) is 10. The van der Waals surface area contributed by atoms with E-state index in [0.717, 1.165) is 12.1 Å². The molecule has 1 aliphatic heterocycles. The Morgan fingerprint density at radius 3 is 2.68 bits per heavy atom. The Kier molecular flexibility index (Phi) is 7.50. The molecular weight excluding hydrogens is 518 g/mol. The number of aliphatic carboxylic acids is 1. The average molecular weight is 546 g/mol. The van der Waals surface area contributed by atoms with Gasteiger partial charge in [0.1, 0.15) is 22.2 Å². The maximum Gasteiger partial charge on any atom is 0.323 e. The van der Waals surface area contributed by atoms with Gasteiger partial charge in [0.25, 0.3) is 5.91 Å². The van der Waals surface area contributed by atoms with E-state index in [1.165, 1.54) is 20.0 Å². The molecule has 1 amide bonds. The smallest absolute Gasteiger partial charge is 0.323 e. The van der Waals surface area contributed by atoms with Gasteiger partial charge in [-0.3, -0.25) is 19.4 Å². The van der Waals surface area contributed by atoms with Crippen molar-refractivity contribution in [2.45, 2.75) is 31.3 Å². The van der Waals surface area contributed by atoms with Crippen LogP contribution in [0.25, 0.3) is 10.9 Å². The maximum atomic E-state index is 13.1. The summed E-state index contributed by atoms with van der Waals surface area (Å²) in [7, 11) is -2.64. The Morgan fingerprint density at radius 2 is 2.05 bits per heavy atom. The van der Waals surface area contributed by atoms with Crippen LogP contribution < -0.4 is 26.1 Å². The molecule has 1 aromatic carbocycles. The molecular formula is C23H27N7O7S. The summed E-state index contributed by atoms with van der Waals surface area (Å²) in [5.41, 5.74) is 0.803. The van der Waals surface area contributed by atoms with Crippen LogP contribution in [-0.4, -0.2) is 66.8 Å². The van der Waals surface area contributed by atoms with Gasteiger partial charge in [0.2, 0.25) is 15.5 Å². The Balaban J connectivity index is 1.50. The van der Waals surface area contributed by atoms with Crippen LogP contribution in [0.5, 0.6) is 0 Å². The highest BCUT2D eigenvalue weighted by Gasteiger charge is 2.31. The first-order chi connectivity index (χ1) is 18.0. The fraction of sp³-hybridized carbons (Fsp3) is 0.348. The van der Waals surface area contributed by atoms with Crippen LogP contribution in [0.1, 0.15) is 27.4 Å². The number of carboxylic acids is 1. The summed E-state index contributed by atoms with van der Waals surface area (Å²) in [4.78, 5) is 41.7. The van der Waals surface area contributed by atoms with Crippen molar-refractivity contribution >= 4 is 38.8 Å². The van der Waals surface area contributed by atoms with Crippen molar-refractivity contribution in [3.63, 3.8) is 0 Å². The molecule has 5 N–H and O–H groups in total. The van der Waals surface area contributed by atoms with Crippen LogP contribution >= 0.6 is 0 Å². The van der Waals surface area contributed by atoms with E-state index in [1.54, 1.807) is 23.7 Å². The fourth-order valence-electron chi connectivity index (χ4n) is 4.08. The van der Waals surface area contributed by atoms with Crippen LogP contribution in [0.3, 0.4) is 0 Å². The zero-order chi connectivity index (χ0) is 27.6. The molecule has 0 aliphatic carbocycles. The van der Waals surface area contributed by atoms with E-state index in [4.69, 9.17) is 4.52 Å². The number of hydrogen-bond donors (Lipinski definition) is 5. The van der Waals surface area contributed by atoms with Crippen molar-refractivity contribution in [3.05, 3.63) is 57.2 Å². The number of pyridine rings is 1. The number of nitrogens with zero attached hydrogens (tertiary/aromatic N) is 3. The minimum absolute atomic E-state index is 0.00858. The highest BCUT2D eigenvalue weighted by molar-refractivity contribution is 7.89. The standard InChI is InChI=1S/C23H27N7O7S/c1-12-20(13(2)37-28-12)38(35,36)29-17(22(33)34)10-26-21(32)16-11-30(3)18-8-14(4-5-15(18)19(16)31)9-27-23-24-6-7-25-23/h4-5,8,11,17,29H,6-7,9-10H2,1-3H3,(H,26,32)(H,33,34)(H2,24,25,27). The van der Waals surface area contributed by atoms with Gasteiger partial charge in [0, 0.05) is 38.3 Å². The molecule has 0 fully saturated rings. The second kappa shape index (κ2) is 10.6. The number of rotatable bonds is 9. The largest absolute Gasteiger partial charge is 0.480 e. The molecule has 1 atom stereocenters. The number of amides is 1. The molecule has 38 heavy (non-hydrogen) atoms. The predicted molar refractivity (Wildman–Crippen MR) is 136 cm³/mol. The van der Waals surface area contributed by atoms with Crippen molar-refractivity contribution in [3.8, 4) is 0 Å². The van der Waals surface area contributed by atoms with Crippen molar-refractivity contribution in [1.29, 1.82) is 0 Å². The highest BCUT2D eigenvalue weighted by atomic mass is 32.2. The number of aromatic nitrogens is 2. The molecule has 202 valence electrons. The predicted octanol–water partition coefficient (Wildman–Crippen LogP) is -0.646. The second-order valence-electron chi connectivity index (χ2n) is 8.72. The van der Waals surface area contributed by atoms with Gasteiger partial charge in [0.05, 0.1) is 12.1 Å². The van der Waals surface area contributed by atoms with E-state index in [1.807, 2.05) is 10.8 Å². The van der Waals surface area contributed by atoms with Gasteiger partial charge >= 0.3 is 5.97 Å². The van der Waals surface area contributed by atoms with Crippen LogP contribution in [-0.2, 0) is 28.4 Å². The van der Waals surface area contributed by atoms with Gasteiger partial charge in [-0.2, -0.15) is 4.72 Å². The molecule has 0 bridgehead atoms. The summed E-state index contributed by atoms with van der Waals surface area (Å²) in [6.07, 6.45) is 1.35. The number of nitrogens with one attached hydrogen (secondary N) is 4. The summed E-state index contributed by atoms with van der Waals surface area (Å²) in [5, 5.41) is 22.0. The topological polar surface area (TPSA) is 197 Å². The number of aryl methyl sites for hydroxylation is 3. The molecule has 4 rings (SSSR count). The van der Waals surface area contributed by atoms with Gasteiger partial charge in [-0.15, -0.1) is 0 Å². The normalized spacial score (nSPS) is 14.1. The third kappa shape index (κ3) is 5.52. The van der Waals surface area contributed by atoms with Crippen molar-refractivity contribution in [2.75, 3.05) is 19.6 Å². The Labute approximate surface area is 217 Å². The third-order valence-electron chi connectivity index (χ3n) is 5.93. The first-order valence-corrected chi connectivity index (χ1v) is 13.1. The zero-order valence-electron chi connectivity index (χ0n) is 20.9. The van der Waals surface area contributed by atoms with Crippen LogP contribution in [0, 0.1) is 13.8 Å². The Morgan fingerprint density at radius 1 is 1.29 bits per heavy atom. The van der Waals surface area contributed by atoms with Crippen molar-refractivity contribution in [1.82, 2.24) is 30.4 Å². The van der Waals surface area contributed by atoms with Gasteiger partial charge in [-0.1, -0.05) is 11.2 Å². The van der Waals surface area contributed by atoms with E-state index >= 15 is 0 Å². The lowest BCUT2D eigenvalue weighted by Gasteiger charge is -2.16. The summed E-state index contributed by atoms with van der Waals surface area (Å²) in [6.45, 7) is 4.14. The molecule has 0 saturated heterocycles. The SMILES string of the molecule is Cc1noc(C)c1S(=O)(=O)NC(CNC(=O)c1cn(C)c2cc(CNC3=NCCN3)ccc2c1=O)C(=O)O. The Hall–Kier alpha value is -4.24. The summed E-state index contributed by atoms with van der Waals surface area (Å²) >= 11 is 0. The number of guanidine groups is 1. The second-order valence-corrected chi connectivity index (χ2v) is 10.4. The van der Waals surface area contributed by atoms with E-state index in [9.17, 15) is 27.9 Å². The van der Waals surface area contributed by atoms with E-state index in [-0.39, 0.29) is 21.9 Å². The molecule has 0 saturated carbocycles. The number of fused-ring (bicyclic) bond motifs is 1. The van der Waals surface area contributed by atoms with Gasteiger partial charge in [-0.05, 0) is 31.5 Å². The minimum atomic E-state index is -4.31. The quantitative estimate of drug-likeness (QED) is 0.230. The molecule has 0 radical (unpaired) electrons. The van der Waals surface area contributed by atoms with Crippen molar-refractivity contribution in [2.24, 2.45) is 12.0 Å². The lowest BCUT2D eigenvalue weighted by Crippen LogP contribution is -2.48.